The Bertz CT molecular complexity index is 1340. The van der Waals surface area contributed by atoms with Crippen LogP contribution in [0.5, 0.6) is 0 Å². The predicted molar refractivity (Wildman–Crippen MR) is 136 cm³/mol. The van der Waals surface area contributed by atoms with E-state index >= 15 is 0 Å². The molecule has 8 nitrogen and oxygen atoms in total. The molecule has 1 atom stereocenters. The van der Waals surface area contributed by atoms with Crippen molar-refractivity contribution in [2.45, 2.75) is 38.3 Å². The molecule has 1 aromatic carbocycles. The smallest absolute Gasteiger partial charge is 0.326 e. The zero-order valence-corrected chi connectivity index (χ0v) is 20.0. The van der Waals surface area contributed by atoms with Crippen molar-refractivity contribution in [3.63, 3.8) is 0 Å². The highest BCUT2D eigenvalue weighted by Crippen LogP contribution is 2.42. The van der Waals surface area contributed by atoms with Crippen molar-refractivity contribution < 1.29 is 14.5 Å². The van der Waals surface area contributed by atoms with Gasteiger partial charge in [0, 0.05) is 19.5 Å². The lowest BCUT2D eigenvalue weighted by Gasteiger charge is -2.31. The van der Waals surface area contributed by atoms with Crippen LogP contribution in [0.4, 0.5) is 23.0 Å². The Balaban J connectivity index is 1.33. The van der Waals surface area contributed by atoms with Crippen molar-refractivity contribution >= 4 is 35.1 Å². The third-order valence-electron chi connectivity index (χ3n) is 7.32. The van der Waals surface area contributed by atoms with E-state index in [1.165, 1.54) is 5.56 Å². The van der Waals surface area contributed by atoms with E-state index in [1.807, 2.05) is 50.6 Å². The third kappa shape index (κ3) is 3.74. The van der Waals surface area contributed by atoms with Crippen LogP contribution in [0.3, 0.4) is 0 Å². The molecule has 8 heteroatoms. The first-order valence-corrected chi connectivity index (χ1v) is 12.2. The Morgan fingerprint density at radius 3 is 2.71 bits per heavy atom. The Hall–Kier alpha value is -3.78. The molecule has 178 valence electrons. The molecule has 3 N–H and O–H groups in total. The molecule has 35 heavy (non-hydrogen) atoms. The summed E-state index contributed by atoms with van der Waals surface area (Å²) in [6, 6.07) is 10.0. The summed E-state index contributed by atoms with van der Waals surface area (Å²) in [7, 11) is 2.01. The molecule has 0 radical (unpaired) electrons. The van der Waals surface area contributed by atoms with Crippen LogP contribution in [0.2, 0.25) is 0 Å². The molecule has 1 fully saturated rings. The Morgan fingerprint density at radius 2 is 1.94 bits per heavy atom. The fourth-order valence-corrected chi connectivity index (χ4v) is 5.46. The molecule has 0 spiro atoms. The second kappa shape index (κ2) is 8.46. The molecular formula is C27H29N6O2+. The van der Waals surface area contributed by atoms with Crippen molar-refractivity contribution in [3.05, 3.63) is 59.4 Å². The number of nitrogens with one attached hydrogen (secondary N) is 2. The summed E-state index contributed by atoms with van der Waals surface area (Å²) >= 11 is 0. The maximum atomic E-state index is 13.0. The zero-order valence-electron chi connectivity index (χ0n) is 20.0. The number of rotatable bonds is 4. The zero-order chi connectivity index (χ0) is 24.1. The van der Waals surface area contributed by atoms with Gasteiger partial charge < -0.3 is 20.6 Å². The lowest BCUT2D eigenvalue weighted by Crippen LogP contribution is -2.35. The van der Waals surface area contributed by atoms with Crippen molar-refractivity contribution in [2.75, 3.05) is 30.4 Å². The number of carbonyl (C=O) groups is 1. The van der Waals surface area contributed by atoms with Gasteiger partial charge in [-0.25, -0.2) is 9.56 Å². The number of piperidine rings is 1. The van der Waals surface area contributed by atoms with E-state index in [1.54, 1.807) is 0 Å². The molecule has 6 rings (SSSR count). The summed E-state index contributed by atoms with van der Waals surface area (Å²) in [5, 5.41) is 16.2. The standard InChI is InChI=1S/C27H28N6O2/c1-16-24-20(19-7-11-28-26-21(19)10-12-32(26)2)4-5-22(25(24)27(35)30-16)31-23-6-3-17(15-29-23)33-13-8-18(34)9-14-33/h3-7,11-12,15-16,18,34H,8-10,13-14H2,1-2H3,(H-,28,29,30,31,35)/p+1/t16-/m1/s1. The maximum Gasteiger partial charge on any atom is 0.326 e. The average Bonchev–Trinajstić information content (AvgIpc) is 3.40. The topological polar surface area (TPSA) is 93.4 Å². The number of anilines is 3. The number of pyridine rings is 2. The fraction of sp³-hybridized carbons (Fsp3) is 0.333. The van der Waals surface area contributed by atoms with Crippen LogP contribution in [0.1, 0.15) is 47.3 Å². The van der Waals surface area contributed by atoms with Crippen molar-refractivity contribution in [2.24, 2.45) is 0 Å². The number of aromatic nitrogens is 2. The fourth-order valence-electron chi connectivity index (χ4n) is 5.46. The van der Waals surface area contributed by atoms with Gasteiger partial charge in [-0.15, -0.1) is 0 Å². The average molecular weight is 470 g/mol. The number of hydrogen-bond acceptors (Lipinski definition) is 6. The molecular weight excluding hydrogens is 440 g/mol. The number of amides is 1. The first-order valence-electron chi connectivity index (χ1n) is 12.2. The lowest BCUT2D eigenvalue weighted by molar-refractivity contribution is -0.400. The molecule has 0 bridgehead atoms. The number of aliphatic hydroxyl groups excluding tert-OH is 1. The molecule has 1 amide bonds. The Labute approximate surface area is 204 Å². The van der Waals surface area contributed by atoms with Crippen LogP contribution in [-0.2, 0) is 6.42 Å². The quantitative estimate of drug-likeness (QED) is 0.506. The van der Waals surface area contributed by atoms with Gasteiger partial charge in [-0.3, -0.25) is 4.79 Å². The van der Waals surface area contributed by atoms with Crippen LogP contribution in [0, 0.1) is 0 Å². The third-order valence-corrected chi connectivity index (χ3v) is 7.32. The molecule has 3 aliphatic rings. The highest BCUT2D eigenvalue weighted by atomic mass is 16.3. The molecule has 5 heterocycles. The second-order valence-corrected chi connectivity index (χ2v) is 9.55. The molecule has 0 aliphatic carbocycles. The van der Waals surface area contributed by atoms with Crippen LogP contribution in [0.15, 0.2) is 42.7 Å². The minimum absolute atomic E-state index is 0.0743. The molecule has 2 aromatic heterocycles. The summed E-state index contributed by atoms with van der Waals surface area (Å²) in [4.78, 5) is 24.4. The van der Waals surface area contributed by atoms with Crippen molar-refractivity contribution in [3.8, 4) is 11.1 Å². The van der Waals surface area contributed by atoms with E-state index in [9.17, 15) is 9.90 Å². The van der Waals surface area contributed by atoms with E-state index in [0.717, 1.165) is 66.2 Å². The highest BCUT2D eigenvalue weighted by Gasteiger charge is 2.33. The SMILES string of the molecule is C[C@H]1NC(=O)c2c(Nc3ccc(N4CCC(O)CC4)cn3)ccc(-c3ccnc4c3CC=[N+]4C)c21. The predicted octanol–water partition coefficient (Wildman–Crippen LogP) is 3.55. The van der Waals surface area contributed by atoms with Gasteiger partial charge in [0.15, 0.2) is 0 Å². The Kier molecular flexibility index (Phi) is 5.25. The van der Waals surface area contributed by atoms with Gasteiger partial charge in [-0.05, 0) is 65.7 Å². The number of hydrogen-bond donors (Lipinski definition) is 3. The van der Waals surface area contributed by atoms with E-state index in [4.69, 9.17) is 0 Å². The van der Waals surface area contributed by atoms with E-state index in [-0.39, 0.29) is 18.1 Å². The maximum absolute atomic E-state index is 13.0. The number of aliphatic hydroxyl groups is 1. The first-order chi connectivity index (χ1) is 17.0. The van der Waals surface area contributed by atoms with Crippen LogP contribution in [-0.4, -0.2) is 58.0 Å². The Morgan fingerprint density at radius 1 is 1.11 bits per heavy atom. The van der Waals surface area contributed by atoms with Crippen LogP contribution in [0.25, 0.3) is 11.1 Å². The summed E-state index contributed by atoms with van der Waals surface area (Å²) in [6.07, 6.45) is 8.00. The van der Waals surface area contributed by atoms with Crippen LogP contribution < -0.4 is 15.5 Å². The van der Waals surface area contributed by atoms with Gasteiger partial charge in [0.05, 0.1) is 54.1 Å². The van der Waals surface area contributed by atoms with Gasteiger partial charge in [0.25, 0.3) is 5.91 Å². The van der Waals surface area contributed by atoms with Gasteiger partial charge in [-0.2, -0.15) is 0 Å². The summed E-state index contributed by atoms with van der Waals surface area (Å²) in [6.45, 7) is 3.68. The van der Waals surface area contributed by atoms with Gasteiger partial charge in [-0.1, -0.05) is 6.07 Å². The number of carbonyl (C=O) groups excluding carboxylic acids is 1. The molecule has 1 saturated heterocycles. The van der Waals surface area contributed by atoms with E-state index in [2.05, 4.69) is 42.4 Å². The summed E-state index contributed by atoms with van der Waals surface area (Å²) < 4.78 is 2.06. The molecule has 3 aliphatic heterocycles. The summed E-state index contributed by atoms with van der Waals surface area (Å²) in [5.74, 6) is 1.58. The number of nitrogens with zero attached hydrogens (tertiary/aromatic N) is 4. The van der Waals surface area contributed by atoms with Gasteiger partial charge in [0.1, 0.15) is 12.0 Å². The van der Waals surface area contributed by atoms with Gasteiger partial charge in [0.2, 0.25) is 0 Å². The minimum Gasteiger partial charge on any atom is -0.393 e. The monoisotopic (exact) mass is 469 g/mol. The number of benzene rings is 1. The molecule has 3 aromatic rings. The van der Waals surface area contributed by atoms with Gasteiger partial charge >= 0.3 is 5.82 Å². The first kappa shape index (κ1) is 21.7. The van der Waals surface area contributed by atoms with Crippen molar-refractivity contribution in [1.82, 2.24) is 15.3 Å². The van der Waals surface area contributed by atoms with E-state index < -0.39 is 0 Å². The van der Waals surface area contributed by atoms with E-state index in [0.29, 0.717) is 11.4 Å². The normalized spacial score (nSPS) is 19.3. The molecule has 0 unspecified atom stereocenters. The minimum atomic E-state index is -0.203. The number of fused-ring (bicyclic) bond motifs is 2. The molecule has 0 saturated carbocycles. The summed E-state index contributed by atoms with van der Waals surface area (Å²) in [5.41, 5.74) is 6.85. The lowest BCUT2D eigenvalue weighted by atomic mass is 9.90. The highest BCUT2D eigenvalue weighted by molar-refractivity contribution is 6.07. The second-order valence-electron chi connectivity index (χ2n) is 9.55. The largest absolute Gasteiger partial charge is 0.393 e. The van der Waals surface area contributed by atoms with Crippen molar-refractivity contribution in [1.29, 1.82) is 0 Å². The van der Waals surface area contributed by atoms with Crippen LogP contribution >= 0.6 is 0 Å².